The third-order valence-corrected chi connectivity index (χ3v) is 2.66. The lowest BCUT2D eigenvalue weighted by Gasteiger charge is -2.21. The molecule has 0 aromatic heterocycles. The fourth-order valence-corrected chi connectivity index (χ4v) is 1.72. The summed E-state index contributed by atoms with van der Waals surface area (Å²) in [7, 11) is 0. The van der Waals surface area contributed by atoms with E-state index in [1.165, 1.54) is 0 Å². The van der Waals surface area contributed by atoms with Gasteiger partial charge >= 0.3 is 0 Å². The van der Waals surface area contributed by atoms with E-state index in [2.05, 4.69) is 5.16 Å². The summed E-state index contributed by atoms with van der Waals surface area (Å²) in [6, 6.07) is 9.32. The van der Waals surface area contributed by atoms with Gasteiger partial charge in [-0.15, -0.1) is 0 Å². The summed E-state index contributed by atoms with van der Waals surface area (Å²) < 4.78 is 5.48. The van der Waals surface area contributed by atoms with Gasteiger partial charge in [-0.2, -0.15) is 0 Å². The molecule has 0 radical (unpaired) electrons. The van der Waals surface area contributed by atoms with Gasteiger partial charge in [0.1, 0.15) is 5.75 Å². The average Bonchev–Trinajstić information content (AvgIpc) is 2.47. The molecule has 1 aromatic rings. The fraction of sp³-hybridized carbons (Fsp3) is 0.429. The second-order valence-corrected chi connectivity index (χ2v) is 4.32. The molecular weight excluding hydrogens is 258 g/mol. The maximum atomic E-state index is 12.0. The van der Waals surface area contributed by atoms with Crippen LogP contribution in [0.5, 0.6) is 5.75 Å². The molecule has 1 aromatic carbocycles. The molecule has 20 heavy (non-hydrogen) atoms. The molecule has 0 aliphatic rings. The molecule has 1 rings (SSSR count). The lowest BCUT2D eigenvalue weighted by Crippen LogP contribution is -2.39. The average molecular weight is 279 g/mol. The molecule has 0 bridgehead atoms. The van der Waals surface area contributed by atoms with Crippen molar-refractivity contribution in [3.8, 4) is 5.75 Å². The van der Waals surface area contributed by atoms with Crippen molar-refractivity contribution in [1.29, 1.82) is 0 Å². The number of benzene rings is 1. The van der Waals surface area contributed by atoms with Gasteiger partial charge in [-0.1, -0.05) is 30.3 Å². The van der Waals surface area contributed by atoms with Crippen LogP contribution in [0.25, 0.3) is 0 Å². The van der Waals surface area contributed by atoms with Gasteiger partial charge in [0.05, 0.1) is 19.6 Å². The summed E-state index contributed by atoms with van der Waals surface area (Å²) in [5, 5.41) is 11.4. The molecule has 3 N–H and O–H groups in total. The molecule has 0 heterocycles. The van der Waals surface area contributed by atoms with Crippen molar-refractivity contribution in [2.45, 2.75) is 19.8 Å². The molecule has 6 heteroatoms. The van der Waals surface area contributed by atoms with Crippen molar-refractivity contribution in [1.82, 2.24) is 4.90 Å². The van der Waals surface area contributed by atoms with Crippen LogP contribution in [-0.4, -0.2) is 41.5 Å². The van der Waals surface area contributed by atoms with E-state index in [1.54, 1.807) is 4.90 Å². The monoisotopic (exact) mass is 279 g/mol. The number of nitrogens with zero attached hydrogens (tertiary/aromatic N) is 2. The molecule has 6 nitrogen and oxygen atoms in total. The van der Waals surface area contributed by atoms with Crippen molar-refractivity contribution in [3.63, 3.8) is 0 Å². The Morgan fingerprint density at radius 3 is 2.70 bits per heavy atom. The number of rotatable bonds is 8. The zero-order valence-corrected chi connectivity index (χ0v) is 11.7. The Morgan fingerprint density at radius 1 is 1.40 bits per heavy atom. The lowest BCUT2D eigenvalue weighted by molar-refractivity contribution is -0.131. The summed E-state index contributed by atoms with van der Waals surface area (Å²) in [4.78, 5) is 13.6. The highest BCUT2D eigenvalue weighted by atomic mass is 16.5. The molecule has 0 aliphatic heterocycles. The summed E-state index contributed by atoms with van der Waals surface area (Å²) in [5.74, 6) is 0.684. The van der Waals surface area contributed by atoms with E-state index < -0.39 is 0 Å². The van der Waals surface area contributed by atoms with E-state index in [4.69, 9.17) is 15.7 Å². The van der Waals surface area contributed by atoms with Gasteiger partial charge in [0.15, 0.2) is 5.84 Å². The summed E-state index contributed by atoms with van der Waals surface area (Å²) in [5.41, 5.74) is 5.44. The maximum Gasteiger partial charge on any atom is 0.226 e. The molecule has 1 amide bonds. The van der Waals surface area contributed by atoms with Crippen LogP contribution < -0.4 is 10.5 Å². The van der Waals surface area contributed by atoms with Gasteiger partial charge in [0.25, 0.3) is 0 Å². The minimum Gasteiger partial charge on any atom is -0.493 e. The predicted molar refractivity (Wildman–Crippen MR) is 76.8 cm³/mol. The third kappa shape index (κ3) is 5.60. The highest BCUT2D eigenvalue weighted by Crippen LogP contribution is 2.08. The van der Waals surface area contributed by atoms with Crippen molar-refractivity contribution in [2.24, 2.45) is 10.9 Å². The van der Waals surface area contributed by atoms with Crippen LogP contribution in [0.3, 0.4) is 0 Å². The van der Waals surface area contributed by atoms with E-state index in [0.29, 0.717) is 13.2 Å². The van der Waals surface area contributed by atoms with Crippen LogP contribution in [0, 0.1) is 0 Å². The summed E-state index contributed by atoms with van der Waals surface area (Å²) in [6.07, 6.45) is 1.07. The largest absolute Gasteiger partial charge is 0.493 e. The van der Waals surface area contributed by atoms with Crippen LogP contribution >= 0.6 is 0 Å². The Labute approximate surface area is 118 Å². The topological polar surface area (TPSA) is 88.1 Å². The number of para-hydroxylation sites is 1. The van der Waals surface area contributed by atoms with E-state index in [-0.39, 0.29) is 24.7 Å². The van der Waals surface area contributed by atoms with Gasteiger partial charge in [0.2, 0.25) is 5.91 Å². The van der Waals surface area contributed by atoms with Gasteiger partial charge < -0.3 is 20.6 Å². The molecular formula is C14H21N3O3. The Morgan fingerprint density at radius 2 is 2.10 bits per heavy atom. The number of carbonyl (C=O) groups excluding carboxylic acids is 1. The van der Waals surface area contributed by atoms with Crippen LogP contribution in [-0.2, 0) is 4.79 Å². The van der Waals surface area contributed by atoms with Gasteiger partial charge in [-0.3, -0.25) is 4.79 Å². The normalized spacial score (nSPS) is 11.2. The minimum absolute atomic E-state index is 0.0239. The predicted octanol–water partition coefficient (Wildman–Crippen LogP) is 1.44. The number of hydrogen-bond donors (Lipinski definition) is 2. The van der Waals surface area contributed by atoms with E-state index >= 15 is 0 Å². The zero-order chi connectivity index (χ0) is 14.8. The molecule has 0 unspecified atom stereocenters. The first-order valence-corrected chi connectivity index (χ1v) is 6.59. The number of hydrogen-bond acceptors (Lipinski definition) is 4. The highest BCUT2D eigenvalue weighted by Gasteiger charge is 2.14. The van der Waals surface area contributed by atoms with Crippen LogP contribution in [0.4, 0.5) is 0 Å². The molecule has 110 valence electrons. The molecule has 0 aliphatic carbocycles. The highest BCUT2D eigenvalue weighted by molar-refractivity contribution is 5.86. The third-order valence-electron chi connectivity index (χ3n) is 2.66. The first-order valence-electron chi connectivity index (χ1n) is 6.59. The van der Waals surface area contributed by atoms with Gasteiger partial charge in [-0.25, -0.2) is 0 Å². The standard InChI is InChI=1S/C14H21N3O3/c1-2-9-17(11-13(15)16-19)14(18)8-10-20-12-6-4-3-5-7-12/h3-7,19H,2,8-11H2,1H3,(H2,15,16). The van der Waals surface area contributed by atoms with Crippen molar-refractivity contribution < 1.29 is 14.7 Å². The second-order valence-electron chi connectivity index (χ2n) is 4.32. The fourth-order valence-electron chi connectivity index (χ4n) is 1.72. The van der Waals surface area contributed by atoms with Crippen LogP contribution in [0.15, 0.2) is 35.5 Å². The van der Waals surface area contributed by atoms with Crippen LogP contribution in [0.1, 0.15) is 19.8 Å². The lowest BCUT2D eigenvalue weighted by atomic mass is 10.3. The SMILES string of the molecule is CCCN(CC(N)=NO)C(=O)CCOc1ccccc1. The number of oxime groups is 1. The molecule has 0 spiro atoms. The van der Waals surface area contributed by atoms with E-state index in [9.17, 15) is 4.79 Å². The quantitative estimate of drug-likeness (QED) is 0.326. The molecule has 0 fully saturated rings. The molecule has 0 saturated heterocycles. The van der Waals surface area contributed by atoms with E-state index in [0.717, 1.165) is 12.2 Å². The molecule has 0 atom stereocenters. The summed E-state index contributed by atoms with van der Waals surface area (Å²) >= 11 is 0. The number of amidine groups is 1. The number of amides is 1. The van der Waals surface area contributed by atoms with Crippen molar-refractivity contribution in [3.05, 3.63) is 30.3 Å². The Hall–Kier alpha value is -2.24. The number of nitrogens with two attached hydrogens (primary N) is 1. The maximum absolute atomic E-state index is 12.0. The second kappa shape index (κ2) is 8.79. The van der Waals surface area contributed by atoms with Gasteiger partial charge in [-0.05, 0) is 18.6 Å². The zero-order valence-electron chi connectivity index (χ0n) is 11.7. The van der Waals surface area contributed by atoms with Crippen molar-refractivity contribution in [2.75, 3.05) is 19.7 Å². The van der Waals surface area contributed by atoms with Gasteiger partial charge in [0, 0.05) is 6.54 Å². The van der Waals surface area contributed by atoms with E-state index in [1.807, 2.05) is 37.3 Å². The van der Waals surface area contributed by atoms with Crippen LogP contribution in [0.2, 0.25) is 0 Å². The Bertz CT molecular complexity index is 435. The first-order chi connectivity index (χ1) is 9.67. The van der Waals surface area contributed by atoms with Crippen molar-refractivity contribution >= 4 is 11.7 Å². The Kier molecular flexibility index (Phi) is 6.95. The number of ether oxygens (including phenoxy) is 1. The Balaban J connectivity index is 2.41. The summed E-state index contributed by atoms with van der Waals surface area (Å²) in [6.45, 7) is 2.97. The minimum atomic E-state index is -0.0746. The number of carbonyl (C=O) groups is 1. The molecule has 0 saturated carbocycles. The first kappa shape index (κ1) is 15.8. The smallest absolute Gasteiger partial charge is 0.226 e.